The Bertz CT molecular complexity index is 1000. The average Bonchev–Trinajstić information content (AvgIpc) is 2.89. The number of fused-ring (bicyclic) bond motifs is 3. The maximum atomic E-state index is 13.0. The Kier molecular flexibility index (Phi) is 4.07. The number of aromatic nitrogens is 2. The summed E-state index contributed by atoms with van der Waals surface area (Å²) in [4.78, 5) is 26.0. The lowest BCUT2D eigenvalue weighted by atomic mass is 9.87. The highest BCUT2D eigenvalue weighted by Crippen LogP contribution is 2.30. The second-order valence-corrected chi connectivity index (χ2v) is 6.33. The molecule has 0 radical (unpaired) electrons. The minimum atomic E-state index is -0.0812. The van der Waals surface area contributed by atoms with Crippen molar-refractivity contribution in [1.29, 1.82) is 0 Å². The van der Waals surface area contributed by atoms with Crippen molar-refractivity contribution >= 4 is 22.3 Å². The van der Waals surface area contributed by atoms with Gasteiger partial charge in [0.05, 0.1) is 13.1 Å². The molecule has 0 N–H and O–H groups in total. The van der Waals surface area contributed by atoms with Gasteiger partial charge in [-0.2, -0.15) is 0 Å². The molecule has 122 valence electrons. The third kappa shape index (κ3) is 2.22. The van der Waals surface area contributed by atoms with Crippen LogP contribution >= 0.6 is 0 Å². The highest BCUT2D eigenvalue weighted by Gasteiger charge is 2.40. The molecule has 0 atom stereocenters. The minimum absolute atomic E-state index is 0. The van der Waals surface area contributed by atoms with Crippen molar-refractivity contribution in [2.75, 3.05) is 0 Å². The van der Waals surface area contributed by atoms with E-state index in [1.807, 2.05) is 68.2 Å². The summed E-state index contributed by atoms with van der Waals surface area (Å²) in [6.45, 7) is 4.02. The number of rotatable bonds is 1. The number of aryl methyl sites for hydroxylation is 1. The van der Waals surface area contributed by atoms with Crippen LogP contribution < -0.4 is 28.5 Å². The molecule has 1 aromatic heterocycles. The van der Waals surface area contributed by atoms with Crippen LogP contribution in [0.25, 0.3) is 10.8 Å². The SMILES string of the molecule is CC(C)n1c[n+](C)c2c1C(=O)c1cc3ccccc3cc1C2=O.[I-]. The number of halogens is 1. The number of hydrogen-bond acceptors (Lipinski definition) is 2. The van der Waals surface area contributed by atoms with Gasteiger partial charge < -0.3 is 24.0 Å². The van der Waals surface area contributed by atoms with Gasteiger partial charge in [0.1, 0.15) is 0 Å². The Morgan fingerprint density at radius 2 is 1.50 bits per heavy atom. The van der Waals surface area contributed by atoms with E-state index in [1.54, 1.807) is 4.57 Å². The second-order valence-electron chi connectivity index (χ2n) is 6.33. The van der Waals surface area contributed by atoms with Gasteiger partial charge in [-0.25, -0.2) is 9.13 Å². The van der Waals surface area contributed by atoms with Crippen molar-refractivity contribution in [3.63, 3.8) is 0 Å². The topological polar surface area (TPSA) is 43.0 Å². The van der Waals surface area contributed by atoms with Crippen molar-refractivity contribution in [3.8, 4) is 0 Å². The first kappa shape index (κ1) is 16.8. The summed E-state index contributed by atoms with van der Waals surface area (Å²) < 4.78 is 3.64. The van der Waals surface area contributed by atoms with Gasteiger partial charge in [-0.3, -0.25) is 9.59 Å². The Labute approximate surface area is 157 Å². The quantitative estimate of drug-likeness (QED) is 0.310. The molecule has 0 bridgehead atoms. The van der Waals surface area contributed by atoms with Crippen LogP contribution in [0.3, 0.4) is 0 Å². The first-order chi connectivity index (χ1) is 11.0. The molecule has 1 heterocycles. The fraction of sp³-hybridized carbons (Fsp3) is 0.211. The van der Waals surface area contributed by atoms with Gasteiger partial charge in [0, 0.05) is 11.1 Å². The number of carbonyl (C=O) groups is 2. The molecular formula is C19H17IN2O2. The van der Waals surface area contributed by atoms with Gasteiger partial charge in [0.15, 0.2) is 0 Å². The monoisotopic (exact) mass is 432 g/mol. The molecule has 0 spiro atoms. The van der Waals surface area contributed by atoms with Crippen LogP contribution in [0.2, 0.25) is 0 Å². The predicted molar refractivity (Wildman–Crippen MR) is 86.8 cm³/mol. The maximum Gasteiger partial charge on any atom is 0.244 e. The van der Waals surface area contributed by atoms with Crippen LogP contribution in [0.4, 0.5) is 0 Å². The lowest BCUT2D eigenvalue weighted by Crippen LogP contribution is -3.00. The summed E-state index contributed by atoms with van der Waals surface area (Å²) in [5.41, 5.74) is 1.97. The Morgan fingerprint density at radius 3 is 2.04 bits per heavy atom. The molecule has 3 aromatic rings. The zero-order valence-electron chi connectivity index (χ0n) is 13.7. The molecule has 4 rings (SSSR count). The molecule has 0 amide bonds. The summed E-state index contributed by atoms with van der Waals surface area (Å²) in [6.07, 6.45) is 1.83. The summed E-state index contributed by atoms with van der Waals surface area (Å²) in [7, 11) is 1.81. The first-order valence-electron chi connectivity index (χ1n) is 7.71. The third-order valence-corrected chi connectivity index (χ3v) is 4.49. The van der Waals surface area contributed by atoms with Gasteiger partial charge in [-0.05, 0) is 36.8 Å². The fourth-order valence-electron chi connectivity index (χ4n) is 3.35. The van der Waals surface area contributed by atoms with E-state index in [2.05, 4.69) is 0 Å². The smallest absolute Gasteiger partial charge is 0.244 e. The normalized spacial score (nSPS) is 13.0. The van der Waals surface area contributed by atoms with Crippen molar-refractivity contribution in [1.82, 2.24) is 4.57 Å². The van der Waals surface area contributed by atoms with E-state index in [9.17, 15) is 9.59 Å². The number of benzene rings is 2. The first-order valence-corrected chi connectivity index (χ1v) is 7.71. The van der Waals surface area contributed by atoms with E-state index in [1.165, 1.54) is 0 Å². The van der Waals surface area contributed by atoms with Gasteiger partial charge in [0.2, 0.25) is 29.3 Å². The zero-order valence-corrected chi connectivity index (χ0v) is 15.9. The molecule has 24 heavy (non-hydrogen) atoms. The van der Waals surface area contributed by atoms with E-state index in [0.717, 1.165) is 10.8 Å². The molecule has 1 aliphatic carbocycles. The van der Waals surface area contributed by atoms with Gasteiger partial charge in [-0.15, -0.1) is 0 Å². The molecule has 0 aliphatic heterocycles. The predicted octanol–water partition coefficient (Wildman–Crippen LogP) is -0.174. The van der Waals surface area contributed by atoms with Gasteiger partial charge >= 0.3 is 0 Å². The molecule has 2 aromatic carbocycles. The van der Waals surface area contributed by atoms with E-state index in [4.69, 9.17) is 0 Å². The van der Waals surface area contributed by atoms with Crippen LogP contribution in [0.1, 0.15) is 52.0 Å². The van der Waals surface area contributed by atoms with Gasteiger partial charge in [0.25, 0.3) is 0 Å². The number of hydrogen-bond donors (Lipinski definition) is 0. The highest BCUT2D eigenvalue weighted by molar-refractivity contribution is 6.27. The summed E-state index contributed by atoms with van der Waals surface area (Å²) in [5.74, 6) is -0.156. The van der Waals surface area contributed by atoms with Crippen molar-refractivity contribution in [2.45, 2.75) is 19.9 Å². The van der Waals surface area contributed by atoms with E-state index < -0.39 is 0 Å². The number of nitrogens with zero attached hydrogens (tertiary/aromatic N) is 2. The molecule has 0 unspecified atom stereocenters. The Hall–Kier alpha value is -2.02. The van der Waals surface area contributed by atoms with Crippen LogP contribution in [-0.2, 0) is 7.05 Å². The lowest BCUT2D eigenvalue weighted by molar-refractivity contribution is -0.672. The maximum absolute atomic E-state index is 13.0. The van der Waals surface area contributed by atoms with Crippen molar-refractivity contribution < 1.29 is 38.1 Å². The standard InChI is InChI=1S/C19H17N2O2.HI/c1-11(2)21-10-20(3)16-17(21)19(23)15-9-13-7-5-4-6-12(13)8-14(15)18(16)22;/h4-11H,1-3H3;1H/q+1;/p-1. The average molecular weight is 432 g/mol. The van der Waals surface area contributed by atoms with Crippen LogP contribution in [0.15, 0.2) is 42.7 Å². The van der Waals surface area contributed by atoms with Crippen LogP contribution in [0, 0.1) is 0 Å². The summed E-state index contributed by atoms with van der Waals surface area (Å²) in [6, 6.07) is 11.6. The Balaban J connectivity index is 0.00000169. The third-order valence-electron chi connectivity index (χ3n) is 4.49. The van der Waals surface area contributed by atoms with E-state index >= 15 is 0 Å². The largest absolute Gasteiger partial charge is 1.00 e. The number of carbonyl (C=O) groups excluding carboxylic acids is 2. The van der Waals surface area contributed by atoms with Crippen molar-refractivity contribution in [3.05, 3.63) is 65.2 Å². The summed E-state index contributed by atoms with van der Waals surface area (Å²) >= 11 is 0. The van der Waals surface area contributed by atoms with Crippen LogP contribution in [0.5, 0.6) is 0 Å². The molecule has 0 saturated carbocycles. The highest BCUT2D eigenvalue weighted by atomic mass is 127. The fourth-order valence-corrected chi connectivity index (χ4v) is 3.35. The second kappa shape index (κ2) is 5.81. The Morgan fingerprint density at radius 1 is 0.958 bits per heavy atom. The zero-order chi connectivity index (χ0) is 16.3. The molecule has 5 heteroatoms. The molecule has 0 saturated heterocycles. The lowest BCUT2D eigenvalue weighted by Gasteiger charge is -2.15. The molecular weight excluding hydrogens is 415 g/mol. The molecule has 0 fully saturated rings. The van der Waals surface area contributed by atoms with Gasteiger partial charge in [-0.1, -0.05) is 24.3 Å². The van der Waals surface area contributed by atoms with E-state index in [0.29, 0.717) is 22.5 Å². The van der Waals surface area contributed by atoms with Crippen molar-refractivity contribution in [2.24, 2.45) is 7.05 Å². The summed E-state index contributed by atoms with van der Waals surface area (Å²) in [5, 5.41) is 1.95. The van der Waals surface area contributed by atoms with E-state index in [-0.39, 0.29) is 41.6 Å². The molecule has 4 nitrogen and oxygen atoms in total. The molecule has 1 aliphatic rings. The minimum Gasteiger partial charge on any atom is -1.00 e. The number of ketones is 2. The number of imidazole rings is 1. The van der Waals surface area contributed by atoms with Crippen LogP contribution in [-0.4, -0.2) is 16.1 Å².